The van der Waals surface area contributed by atoms with Crippen LogP contribution in [0.3, 0.4) is 0 Å². The Bertz CT molecular complexity index is 598. The molecular weight excluding hydrogens is 270 g/mol. The fourth-order valence-corrected chi connectivity index (χ4v) is 1.75. The van der Waals surface area contributed by atoms with E-state index in [1.165, 1.54) is 7.11 Å². The number of halogens is 1. The maximum absolute atomic E-state index is 11.0. The molecule has 6 nitrogen and oxygen atoms in total. The first kappa shape index (κ1) is 13.4. The van der Waals surface area contributed by atoms with Gasteiger partial charge in [-0.3, -0.25) is 9.67 Å². The van der Waals surface area contributed by atoms with Gasteiger partial charge in [-0.1, -0.05) is 11.6 Å². The molecule has 0 aliphatic rings. The maximum Gasteiger partial charge on any atom is 0.343 e. The molecule has 2 heterocycles. The minimum absolute atomic E-state index is 0.184. The van der Waals surface area contributed by atoms with Gasteiger partial charge < -0.3 is 9.47 Å². The maximum atomic E-state index is 11.0. The fourth-order valence-electron chi connectivity index (χ4n) is 1.54. The lowest BCUT2D eigenvalue weighted by Gasteiger charge is -2.02. The minimum Gasteiger partial charge on any atom is -0.466 e. The molecule has 0 saturated carbocycles. The largest absolute Gasteiger partial charge is 0.466 e. The normalized spacial score (nSPS) is 10.3. The lowest BCUT2D eigenvalue weighted by molar-refractivity contribution is -0.143. The molecule has 0 spiro atoms. The van der Waals surface area contributed by atoms with E-state index in [0.29, 0.717) is 10.9 Å². The number of carbonyl (C=O) groups is 1. The second kappa shape index (κ2) is 5.71. The van der Waals surface area contributed by atoms with Crippen LogP contribution in [-0.4, -0.2) is 34.5 Å². The number of hydrogen-bond donors (Lipinski definition) is 0. The van der Waals surface area contributed by atoms with Gasteiger partial charge in [-0.25, -0.2) is 4.79 Å². The highest BCUT2D eigenvalue weighted by atomic mass is 35.5. The van der Waals surface area contributed by atoms with Crippen LogP contribution in [0.25, 0.3) is 11.3 Å². The average Bonchev–Trinajstić information content (AvgIpc) is 2.77. The molecule has 0 aliphatic carbocycles. The van der Waals surface area contributed by atoms with E-state index in [1.807, 2.05) is 0 Å². The molecule has 100 valence electrons. The molecule has 2 rings (SSSR count). The molecule has 0 saturated heterocycles. The zero-order chi connectivity index (χ0) is 13.8. The van der Waals surface area contributed by atoms with E-state index in [-0.39, 0.29) is 6.61 Å². The molecule has 0 amide bonds. The van der Waals surface area contributed by atoms with Gasteiger partial charge in [-0.2, -0.15) is 0 Å². The van der Waals surface area contributed by atoms with Crippen molar-refractivity contribution in [3.63, 3.8) is 0 Å². The Morgan fingerprint density at radius 3 is 3.00 bits per heavy atom. The van der Waals surface area contributed by atoms with E-state index in [4.69, 9.17) is 16.3 Å². The zero-order valence-corrected chi connectivity index (χ0v) is 11.2. The van der Waals surface area contributed by atoms with E-state index in [0.717, 1.165) is 11.3 Å². The van der Waals surface area contributed by atoms with E-state index < -0.39 is 5.97 Å². The third-order valence-corrected chi connectivity index (χ3v) is 2.77. The number of carbonyl (C=O) groups excluding carboxylic acids is 1. The highest BCUT2D eigenvalue weighted by Crippen LogP contribution is 2.28. The summed E-state index contributed by atoms with van der Waals surface area (Å²) in [5.41, 5.74) is 1.56. The van der Waals surface area contributed by atoms with Crippen LogP contribution in [0.5, 0.6) is 5.88 Å². The molecular formula is C12H12ClN3O3. The molecule has 2 aromatic rings. The van der Waals surface area contributed by atoms with Crippen LogP contribution >= 0.6 is 11.6 Å². The third-order valence-electron chi connectivity index (χ3n) is 2.47. The summed E-state index contributed by atoms with van der Waals surface area (Å²) < 4.78 is 11.3. The minimum atomic E-state index is -0.464. The van der Waals surface area contributed by atoms with Crippen molar-refractivity contribution in [2.75, 3.05) is 13.7 Å². The van der Waals surface area contributed by atoms with Crippen molar-refractivity contribution in [3.8, 4) is 17.1 Å². The lowest BCUT2D eigenvalue weighted by Crippen LogP contribution is -2.12. The summed E-state index contributed by atoms with van der Waals surface area (Å²) in [6.45, 7) is -0.184. The van der Waals surface area contributed by atoms with Crippen LogP contribution < -0.4 is 4.74 Å². The predicted octanol–water partition coefficient (Wildman–Crippen LogP) is 1.69. The Kier molecular flexibility index (Phi) is 4.01. The number of esters is 1. The number of rotatable bonds is 4. The van der Waals surface area contributed by atoms with Gasteiger partial charge in [0.25, 0.3) is 0 Å². The number of aromatic nitrogens is 3. The Morgan fingerprint density at radius 2 is 2.32 bits per heavy atom. The molecule has 0 aromatic carbocycles. The van der Waals surface area contributed by atoms with Crippen molar-refractivity contribution >= 4 is 17.6 Å². The number of ether oxygens (including phenoxy) is 2. The molecule has 0 atom stereocenters. The van der Waals surface area contributed by atoms with Crippen LogP contribution in [0.2, 0.25) is 5.02 Å². The zero-order valence-electron chi connectivity index (χ0n) is 10.5. The van der Waals surface area contributed by atoms with E-state index >= 15 is 0 Å². The van der Waals surface area contributed by atoms with Crippen LogP contribution in [0.1, 0.15) is 0 Å². The Balaban J connectivity index is 2.22. The monoisotopic (exact) mass is 281 g/mol. The lowest BCUT2D eigenvalue weighted by atomic mass is 10.2. The number of aryl methyl sites for hydroxylation is 1. The van der Waals surface area contributed by atoms with Crippen LogP contribution in [0.4, 0.5) is 0 Å². The quantitative estimate of drug-likeness (QED) is 0.798. The van der Waals surface area contributed by atoms with Crippen molar-refractivity contribution in [1.82, 2.24) is 14.8 Å². The topological polar surface area (TPSA) is 66.2 Å². The smallest absolute Gasteiger partial charge is 0.343 e. The summed E-state index contributed by atoms with van der Waals surface area (Å²) >= 11 is 6.07. The second-order valence-corrected chi connectivity index (χ2v) is 4.12. The first-order valence-electron chi connectivity index (χ1n) is 5.45. The Hall–Kier alpha value is -2.08. The highest BCUT2D eigenvalue weighted by molar-refractivity contribution is 6.33. The molecule has 19 heavy (non-hydrogen) atoms. The number of nitrogens with zero attached hydrogens (tertiary/aromatic N) is 3. The number of pyridine rings is 1. The highest BCUT2D eigenvalue weighted by Gasteiger charge is 2.12. The molecule has 0 radical (unpaired) electrons. The molecule has 7 heteroatoms. The van der Waals surface area contributed by atoms with Crippen molar-refractivity contribution in [2.45, 2.75) is 0 Å². The first-order valence-corrected chi connectivity index (χ1v) is 5.83. The van der Waals surface area contributed by atoms with Crippen molar-refractivity contribution in [2.24, 2.45) is 7.05 Å². The molecule has 0 fully saturated rings. The summed E-state index contributed by atoms with van der Waals surface area (Å²) in [4.78, 5) is 14.9. The summed E-state index contributed by atoms with van der Waals surface area (Å²) in [6.07, 6.45) is 3.20. The molecule has 0 N–H and O–H groups in total. The fraction of sp³-hybridized carbons (Fsp3) is 0.250. The van der Waals surface area contributed by atoms with E-state index in [2.05, 4.69) is 14.8 Å². The van der Waals surface area contributed by atoms with Gasteiger partial charge in [0.15, 0.2) is 6.61 Å². The standard InChI is InChI=1S/C12H12ClN3O3/c1-16-10(8-3-4-14-6-9(8)13)5-11(15-16)19-7-12(17)18-2/h3-6H,7H2,1-2H3. The number of hydrogen-bond acceptors (Lipinski definition) is 5. The second-order valence-electron chi connectivity index (χ2n) is 3.71. The van der Waals surface area contributed by atoms with Crippen LogP contribution in [0.15, 0.2) is 24.5 Å². The Morgan fingerprint density at radius 1 is 1.53 bits per heavy atom. The molecule has 0 aliphatic heterocycles. The van der Waals surface area contributed by atoms with Gasteiger partial charge in [0.05, 0.1) is 17.8 Å². The van der Waals surface area contributed by atoms with E-state index in [9.17, 15) is 4.79 Å². The molecule has 2 aromatic heterocycles. The average molecular weight is 282 g/mol. The molecule has 0 unspecified atom stereocenters. The van der Waals surface area contributed by atoms with Crippen molar-refractivity contribution < 1.29 is 14.3 Å². The third kappa shape index (κ3) is 3.03. The molecule has 0 bridgehead atoms. The summed E-state index contributed by atoms with van der Waals surface area (Å²) in [5, 5.41) is 4.66. The van der Waals surface area contributed by atoms with Crippen LogP contribution in [0, 0.1) is 0 Å². The van der Waals surface area contributed by atoms with Gasteiger partial charge in [-0.15, -0.1) is 5.10 Å². The van der Waals surface area contributed by atoms with Crippen molar-refractivity contribution in [3.05, 3.63) is 29.5 Å². The summed E-state index contributed by atoms with van der Waals surface area (Å²) in [5.74, 6) is -0.134. The Labute approximate surface area is 114 Å². The SMILES string of the molecule is COC(=O)COc1cc(-c2ccncc2Cl)n(C)n1. The predicted molar refractivity (Wildman–Crippen MR) is 69.0 cm³/mol. The summed E-state index contributed by atoms with van der Waals surface area (Å²) in [7, 11) is 3.06. The number of methoxy groups -OCH3 is 1. The van der Waals surface area contributed by atoms with Crippen LogP contribution in [-0.2, 0) is 16.6 Å². The van der Waals surface area contributed by atoms with Gasteiger partial charge in [0, 0.05) is 31.1 Å². The van der Waals surface area contributed by atoms with Gasteiger partial charge >= 0.3 is 5.97 Å². The van der Waals surface area contributed by atoms with E-state index in [1.54, 1.807) is 36.3 Å². The van der Waals surface area contributed by atoms with Gasteiger partial charge in [0.2, 0.25) is 5.88 Å². The van der Waals surface area contributed by atoms with Gasteiger partial charge in [-0.05, 0) is 6.07 Å². The first-order chi connectivity index (χ1) is 9.11. The summed E-state index contributed by atoms with van der Waals surface area (Å²) in [6, 6.07) is 3.48. The van der Waals surface area contributed by atoms with Gasteiger partial charge in [0.1, 0.15) is 0 Å². The van der Waals surface area contributed by atoms with Crippen molar-refractivity contribution in [1.29, 1.82) is 0 Å².